The molecule has 0 radical (unpaired) electrons. The van der Waals surface area contributed by atoms with Gasteiger partial charge in [0.1, 0.15) is 17.2 Å². The van der Waals surface area contributed by atoms with Gasteiger partial charge in [-0.25, -0.2) is 0 Å². The van der Waals surface area contributed by atoms with Crippen molar-refractivity contribution in [3.05, 3.63) is 60.7 Å². The van der Waals surface area contributed by atoms with E-state index in [9.17, 15) is 5.11 Å². The van der Waals surface area contributed by atoms with Crippen molar-refractivity contribution in [3.63, 3.8) is 0 Å². The largest absolute Gasteiger partial charge is 0.508 e. The van der Waals surface area contributed by atoms with Crippen LogP contribution in [0, 0.1) is 0 Å². The molecule has 0 aromatic heterocycles. The fraction of sp³-hybridized carbons (Fsp3) is 0.0667. The fourth-order valence-electron chi connectivity index (χ4n) is 1.33. The lowest BCUT2D eigenvalue weighted by Crippen LogP contribution is -1.76. The summed E-state index contributed by atoms with van der Waals surface area (Å²) >= 11 is 0. The van der Waals surface area contributed by atoms with Gasteiger partial charge < -0.3 is 15.3 Å². The molecule has 3 heteroatoms. The molecule has 94 valence electrons. The molecule has 18 heavy (non-hydrogen) atoms. The Labute approximate surface area is 106 Å². The molecule has 0 heterocycles. The van der Waals surface area contributed by atoms with E-state index in [0.717, 1.165) is 11.1 Å². The molecule has 0 aliphatic carbocycles. The van der Waals surface area contributed by atoms with Crippen LogP contribution in [0.25, 0.3) is 5.57 Å². The van der Waals surface area contributed by atoms with Crippen LogP contribution in [0.4, 0.5) is 0 Å². The van der Waals surface area contributed by atoms with E-state index in [-0.39, 0.29) is 11.5 Å². The van der Waals surface area contributed by atoms with Crippen LogP contribution in [-0.4, -0.2) is 15.3 Å². The van der Waals surface area contributed by atoms with Gasteiger partial charge in [-0.2, -0.15) is 0 Å². The maximum Gasteiger partial charge on any atom is 0.123 e. The van der Waals surface area contributed by atoms with Crippen LogP contribution in [0.3, 0.4) is 0 Å². The topological polar surface area (TPSA) is 60.7 Å². The third-order valence-electron chi connectivity index (χ3n) is 2.19. The van der Waals surface area contributed by atoms with Crippen molar-refractivity contribution in [2.75, 3.05) is 0 Å². The van der Waals surface area contributed by atoms with Crippen LogP contribution in [0.5, 0.6) is 17.2 Å². The number of benzene rings is 2. The summed E-state index contributed by atoms with van der Waals surface area (Å²) < 4.78 is 0. The van der Waals surface area contributed by atoms with Gasteiger partial charge in [0.25, 0.3) is 0 Å². The highest BCUT2D eigenvalue weighted by atomic mass is 16.3. The lowest BCUT2D eigenvalue weighted by atomic mass is 10.1. The van der Waals surface area contributed by atoms with Crippen molar-refractivity contribution < 1.29 is 15.3 Å². The van der Waals surface area contributed by atoms with Gasteiger partial charge in [-0.05, 0) is 30.7 Å². The molecule has 0 unspecified atom stereocenters. The van der Waals surface area contributed by atoms with Crippen molar-refractivity contribution in [2.45, 2.75) is 6.92 Å². The number of aromatic hydroxyl groups is 3. The SMILES string of the molecule is C=C(C)c1ccccc1O.Oc1cccc(O)c1. The average Bonchev–Trinajstić information content (AvgIpc) is 2.29. The van der Waals surface area contributed by atoms with Gasteiger partial charge in [0, 0.05) is 11.6 Å². The molecule has 0 aliphatic rings. The van der Waals surface area contributed by atoms with E-state index < -0.39 is 0 Å². The van der Waals surface area contributed by atoms with E-state index in [0.29, 0.717) is 5.75 Å². The molecule has 0 saturated carbocycles. The summed E-state index contributed by atoms with van der Waals surface area (Å²) in [6.45, 7) is 5.60. The monoisotopic (exact) mass is 244 g/mol. The van der Waals surface area contributed by atoms with Crippen LogP contribution in [0.15, 0.2) is 55.1 Å². The average molecular weight is 244 g/mol. The number of allylic oxidation sites excluding steroid dienone is 1. The Hall–Kier alpha value is -2.42. The first-order valence-electron chi connectivity index (χ1n) is 5.42. The summed E-state index contributed by atoms with van der Waals surface area (Å²) in [5.41, 5.74) is 1.71. The molecule has 0 fully saturated rings. The Morgan fingerprint density at radius 2 is 1.44 bits per heavy atom. The van der Waals surface area contributed by atoms with E-state index in [1.165, 1.54) is 18.2 Å². The van der Waals surface area contributed by atoms with Crippen molar-refractivity contribution in [1.82, 2.24) is 0 Å². The third kappa shape index (κ3) is 4.22. The molecular formula is C15H16O3. The normalized spacial score (nSPS) is 9.17. The van der Waals surface area contributed by atoms with Gasteiger partial charge in [-0.1, -0.05) is 30.8 Å². The molecule has 0 aliphatic heterocycles. The minimum absolute atomic E-state index is 0.0880. The molecule has 2 aromatic rings. The Kier molecular flexibility index (Phi) is 4.81. The Morgan fingerprint density at radius 1 is 0.889 bits per heavy atom. The molecule has 2 aromatic carbocycles. The number of hydrogen-bond acceptors (Lipinski definition) is 3. The van der Waals surface area contributed by atoms with Gasteiger partial charge in [0.15, 0.2) is 0 Å². The van der Waals surface area contributed by atoms with Crippen LogP contribution < -0.4 is 0 Å². The van der Waals surface area contributed by atoms with E-state index in [1.807, 2.05) is 19.1 Å². The molecule has 3 nitrogen and oxygen atoms in total. The molecule has 0 bridgehead atoms. The molecule has 3 N–H and O–H groups in total. The number of hydrogen-bond donors (Lipinski definition) is 3. The zero-order valence-corrected chi connectivity index (χ0v) is 10.2. The molecular weight excluding hydrogens is 228 g/mol. The number of para-hydroxylation sites is 1. The maximum absolute atomic E-state index is 9.22. The third-order valence-corrected chi connectivity index (χ3v) is 2.19. The fourth-order valence-corrected chi connectivity index (χ4v) is 1.33. The summed E-state index contributed by atoms with van der Waals surface area (Å²) in [6.07, 6.45) is 0. The van der Waals surface area contributed by atoms with Gasteiger partial charge in [-0.15, -0.1) is 0 Å². The predicted octanol–water partition coefficient (Wildman–Crippen LogP) is 3.52. The molecule has 0 atom stereocenters. The molecule has 0 amide bonds. The van der Waals surface area contributed by atoms with Crippen LogP contribution in [0.2, 0.25) is 0 Å². The lowest BCUT2D eigenvalue weighted by molar-refractivity contribution is 0.450. The van der Waals surface area contributed by atoms with Crippen LogP contribution >= 0.6 is 0 Å². The minimum atomic E-state index is 0.0880. The highest BCUT2D eigenvalue weighted by Gasteiger charge is 1.97. The summed E-state index contributed by atoms with van der Waals surface area (Å²) in [5, 5.41) is 26.5. The standard InChI is InChI=1S/C9H10O.C6H6O2/c1-7(2)8-5-3-4-6-9(8)10;7-5-2-1-3-6(8)4-5/h3-6,10H,1H2,2H3;1-4,7-8H. The smallest absolute Gasteiger partial charge is 0.123 e. The summed E-state index contributed by atoms with van der Waals surface area (Å²) in [7, 11) is 0. The number of phenols is 3. The van der Waals surface area contributed by atoms with E-state index in [1.54, 1.807) is 18.2 Å². The quantitative estimate of drug-likeness (QED) is 0.719. The van der Waals surface area contributed by atoms with Crippen LogP contribution in [-0.2, 0) is 0 Å². The Bertz CT molecular complexity index is 516. The Balaban J connectivity index is 0.000000184. The van der Waals surface area contributed by atoms with Crippen molar-refractivity contribution in [3.8, 4) is 17.2 Å². The highest BCUT2D eigenvalue weighted by molar-refractivity contribution is 5.66. The van der Waals surface area contributed by atoms with E-state index >= 15 is 0 Å². The second-order valence-electron chi connectivity index (χ2n) is 3.82. The lowest BCUT2D eigenvalue weighted by Gasteiger charge is -2.00. The number of phenolic OH excluding ortho intramolecular Hbond substituents is 3. The second kappa shape index (κ2) is 6.35. The summed E-state index contributed by atoms with van der Waals surface area (Å²) in [5.74, 6) is 0.477. The molecule has 2 rings (SSSR count). The van der Waals surface area contributed by atoms with Crippen LogP contribution in [0.1, 0.15) is 12.5 Å². The molecule has 0 spiro atoms. The first kappa shape index (κ1) is 13.6. The summed E-state index contributed by atoms with van der Waals surface area (Å²) in [4.78, 5) is 0. The van der Waals surface area contributed by atoms with Crippen molar-refractivity contribution >= 4 is 5.57 Å². The zero-order chi connectivity index (χ0) is 13.5. The number of rotatable bonds is 1. The predicted molar refractivity (Wildman–Crippen MR) is 72.6 cm³/mol. The zero-order valence-electron chi connectivity index (χ0n) is 10.2. The van der Waals surface area contributed by atoms with E-state index in [2.05, 4.69) is 6.58 Å². The first-order chi connectivity index (χ1) is 8.50. The maximum atomic E-state index is 9.22. The summed E-state index contributed by atoms with van der Waals surface area (Å²) in [6, 6.07) is 13.0. The van der Waals surface area contributed by atoms with Gasteiger partial charge >= 0.3 is 0 Å². The molecule has 0 saturated heterocycles. The Morgan fingerprint density at radius 3 is 1.78 bits per heavy atom. The van der Waals surface area contributed by atoms with Gasteiger partial charge in [-0.3, -0.25) is 0 Å². The first-order valence-corrected chi connectivity index (χ1v) is 5.42. The van der Waals surface area contributed by atoms with E-state index in [4.69, 9.17) is 10.2 Å². The van der Waals surface area contributed by atoms with Gasteiger partial charge in [0.05, 0.1) is 0 Å². The van der Waals surface area contributed by atoms with Crippen molar-refractivity contribution in [1.29, 1.82) is 0 Å². The minimum Gasteiger partial charge on any atom is -0.508 e. The van der Waals surface area contributed by atoms with Crippen molar-refractivity contribution in [2.24, 2.45) is 0 Å². The highest BCUT2D eigenvalue weighted by Crippen LogP contribution is 2.21. The van der Waals surface area contributed by atoms with Gasteiger partial charge in [0.2, 0.25) is 0 Å². The second-order valence-corrected chi connectivity index (χ2v) is 3.82.